The number of amides is 1. The van der Waals surface area contributed by atoms with E-state index in [-0.39, 0.29) is 11.3 Å². The van der Waals surface area contributed by atoms with Crippen molar-refractivity contribution < 1.29 is 19.4 Å². The molecule has 1 rings (SSSR count). The van der Waals surface area contributed by atoms with Crippen LogP contribution < -0.4 is 5.32 Å². The molecule has 1 amide bonds. The Morgan fingerprint density at radius 2 is 2.23 bits per heavy atom. The van der Waals surface area contributed by atoms with Gasteiger partial charge in [0.1, 0.15) is 5.82 Å². The minimum atomic E-state index is -1.36. The minimum absolute atomic E-state index is 0.197. The van der Waals surface area contributed by atoms with Crippen molar-refractivity contribution in [3.8, 4) is 0 Å². The number of rotatable bonds is 2. The van der Waals surface area contributed by atoms with Gasteiger partial charge in [-0.15, -0.1) is 0 Å². The number of hydrogen-bond acceptors (Lipinski definition) is 2. The Kier molecular flexibility index (Phi) is 2.81. The van der Waals surface area contributed by atoms with Crippen molar-refractivity contribution in [2.24, 2.45) is 0 Å². The number of aliphatic hydroxyl groups excluding tert-OH is 1. The average Bonchev–Trinajstić information content (AvgIpc) is 2.08. The van der Waals surface area contributed by atoms with Crippen LogP contribution in [0.3, 0.4) is 0 Å². The molecule has 4 nitrogen and oxygen atoms in total. The van der Waals surface area contributed by atoms with E-state index < -0.39 is 18.5 Å². The second-order valence-corrected chi connectivity index (χ2v) is 2.36. The molecule has 0 aliphatic rings. The van der Waals surface area contributed by atoms with Crippen LogP contribution in [-0.2, 0) is 6.61 Å². The molecule has 0 unspecified atom stereocenters. The fourth-order valence-corrected chi connectivity index (χ4v) is 0.947. The lowest BCUT2D eigenvalue weighted by atomic mass is 10.2. The van der Waals surface area contributed by atoms with Gasteiger partial charge in [-0.1, -0.05) is 12.1 Å². The molecular formula is C8H8FNO3. The first-order chi connectivity index (χ1) is 6.15. The number of halogens is 1. The SMILES string of the molecule is O=C(O)Nc1c(F)cccc1CO. The van der Waals surface area contributed by atoms with E-state index in [0.29, 0.717) is 0 Å². The Labute approximate surface area is 73.6 Å². The van der Waals surface area contributed by atoms with Gasteiger partial charge in [-0.3, -0.25) is 5.32 Å². The van der Waals surface area contributed by atoms with E-state index in [1.165, 1.54) is 12.1 Å². The highest BCUT2D eigenvalue weighted by molar-refractivity contribution is 5.84. The van der Waals surface area contributed by atoms with Crippen LogP contribution in [0.4, 0.5) is 14.9 Å². The molecule has 1 aromatic carbocycles. The van der Waals surface area contributed by atoms with Gasteiger partial charge in [0.05, 0.1) is 12.3 Å². The summed E-state index contributed by atoms with van der Waals surface area (Å²) in [4.78, 5) is 10.2. The zero-order valence-corrected chi connectivity index (χ0v) is 6.62. The molecule has 13 heavy (non-hydrogen) atoms. The van der Waals surface area contributed by atoms with Gasteiger partial charge in [0.2, 0.25) is 0 Å². The maximum absolute atomic E-state index is 13.0. The fourth-order valence-electron chi connectivity index (χ4n) is 0.947. The van der Waals surface area contributed by atoms with E-state index >= 15 is 0 Å². The van der Waals surface area contributed by atoms with Crippen LogP contribution in [0, 0.1) is 5.82 Å². The van der Waals surface area contributed by atoms with Crippen LogP contribution in [0.2, 0.25) is 0 Å². The molecule has 0 spiro atoms. The topological polar surface area (TPSA) is 69.6 Å². The standard InChI is InChI=1S/C8H8FNO3/c9-6-3-1-2-5(4-11)7(6)10-8(12)13/h1-3,10-11H,4H2,(H,12,13). The van der Waals surface area contributed by atoms with Gasteiger partial charge in [0.25, 0.3) is 0 Å². The summed E-state index contributed by atoms with van der Waals surface area (Å²) in [6.07, 6.45) is -1.36. The molecule has 0 radical (unpaired) electrons. The van der Waals surface area contributed by atoms with Gasteiger partial charge >= 0.3 is 6.09 Å². The maximum Gasteiger partial charge on any atom is 0.409 e. The third-order valence-corrected chi connectivity index (χ3v) is 1.50. The van der Waals surface area contributed by atoms with E-state index in [9.17, 15) is 9.18 Å². The van der Waals surface area contributed by atoms with E-state index in [0.717, 1.165) is 6.07 Å². The van der Waals surface area contributed by atoms with Crippen molar-refractivity contribution in [1.29, 1.82) is 0 Å². The van der Waals surface area contributed by atoms with E-state index in [4.69, 9.17) is 10.2 Å². The van der Waals surface area contributed by atoms with Crippen LogP contribution in [0.1, 0.15) is 5.56 Å². The second kappa shape index (κ2) is 3.86. The summed E-state index contributed by atoms with van der Waals surface area (Å²) < 4.78 is 13.0. The third-order valence-electron chi connectivity index (χ3n) is 1.50. The maximum atomic E-state index is 13.0. The van der Waals surface area contributed by atoms with Crippen LogP contribution in [-0.4, -0.2) is 16.3 Å². The van der Waals surface area contributed by atoms with Crippen molar-refractivity contribution in [3.05, 3.63) is 29.6 Å². The molecule has 0 bridgehead atoms. The number of para-hydroxylation sites is 1. The van der Waals surface area contributed by atoms with Crippen molar-refractivity contribution >= 4 is 11.8 Å². The molecule has 0 aliphatic heterocycles. The van der Waals surface area contributed by atoms with Crippen molar-refractivity contribution in [2.75, 3.05) is 5.32 Å². The Bertz CT molecular complexity index is 327. The van der Waals surface area contributed by atoms with E-state index in [2.05, 4.69) is 0 Å². The number of aliphatic hydroxyl groups is 1. The smallest absolute Gasteiger partial charge is 0.409 e. The minimum Gasteiger partial charge on any atom is -0.465 e. The van der Waals surface area contributed by atoms with Crippen LogP contribution in [0.15, 0.2) is 18.2 Å². The highest BCUT2D eigenvalue weighted by atomic mass is 19.1. The molecule has 1 aromatic rings. The summed E-state index contributed by atoms with van der Waals surface area (Å²) in [5, 5.41) is 19.0. The molecule has 5 heteroatoms. The van der Waals surface area contributed by atoms with Crippen LogP contribution in [0.5, 0.6) is 0 Å². The van der Waals surface area contributed by atoms with Crippen molar-refractivity contribution in [2.45, 2.75) is 6.61 Å². The average molecular weight is 185 g/mol. The summed E-state index contributed by atoms with van der Waals surface area (Å²) in [5.74, 6) is -0.700. The fraction of sp³-hybridized carbons (Fsp3) is 0.125. The van der Waals surface area contributed by atoms with Gasteiger partial charge in [0.15, 0.2) is 0 Å². The molecule has 0 fully saturated rings. The second-order valence-electron chi connectivity index (χ2n) is 2.36. The Morgan fingerprint density at radius 3 is 2.77 bits per heavy atom. The van der Waals surface area contributed by atoms with Crippen molar-refractivity contribution in [1.82, 2.24) is 0 Å². The number of anilines is 1. The van der Waals surface area contributed by atoms with E-state index in [1.807, 2.05) is 5.32 Å². The Morgan fingerprint density at radius 1 is 1.54 bits per heavy atom. The van der Waals surface area contributed by atoms with Gasteiger partial charge in [-0.25, -0.2) is 9.18 Å². The van der Waals surface area contributed by atoms with Crippen LogP contribution in [0.25, 0.3) is 0 Å². The summed E-state index contributed by atoms with van der Waals surface area (Å²) in [6.45, 7) is -0.409. The zero-order chi connectivity index (χ0) is 9.84. The van der Waals surface area contributed by atoms with Gasteiger partial charge in [-0.2, -0.15) is 0 Å². The molecule has 70 valence electrons. The molecular weight excluding hydrogens is 177 g/mol. The molecule has 0 saturated heterocycles. The van der Waals surface area contributed by atoms with E-state index in [1.54, 1.807) is 0 Å². The third kappa shape index (κ3) is 2.16. The highest BCUT2D eigenvalue weighted by Gasteiger charge is 2.09. The first kappa shape index (κ1) is 9.47. The lowest BCUT2D eigenvalue weighted by Crippen LogP contribution is -2.11. The van der Waals surface area contributed by atoms with Gasteiger partial charge in [0, 0.05) is 5.56 Å². The molecule has 0 aliphatic carbocycles. The summed E-state index contributed by atoms with van der Waals surface area (Å²) in [6, 6.07) is 3.95. The first-order valence-electron chi connectivity index (χ1n) is 3.53. The molecule has 3 N–H and O–H groups in total. The monoisotopic (exact) mass is 185 g/mol. The summed E-state index contributed by atoms with van der Waals surface area (Å²) in [5.41, 5.74) is 0.0138. The van der Waals surface area contributed by atoms with Crippen molar-refractivity contribution in [3.63, 3.8) is 0 Å². The predicted octanol–water partition coefficient (Wildman–Crippen LogP) is 1.41. The highest BCUT2D eigenvalue weighted by Crippen LogP contribution is 2.19. The number of carboxylic acid groups (broad SMARTS) is 1. The van der Waals surface area contributed by atoms with Crippen LogP contribution >= 0.6 is 0 Å². The number of nitrogens with one attached hydrogen (secondary N) is 1. The summed E-state index contributed by atoms with van der Waals surface area (Å²) >= 11 is 0. The summed E-state index contributed by atoms with van der Waals surface area (Å²) in [7, 11) is 0. The quantitative estimate of drug-likeness (QED) is 0.652. The Balaban J connectivity index is 3.07. The van der Waals surface area contributed by atoms with Gasteiger partial charge < -0.3 is 10.2 Å². The molecule has 0 heterocycles. The molecule has 0 saturated carbocycles. The Hall–Kier alpha value is -1.62. The predicted molar refractivity (Wildman–Crippen MR) is 44.0 cm³/mol. The lowest BCUT2D eigenvalue weighted by Gasteiger charge is -2.06. The largest absolute Gasteiger partial charge is 0.465 e. The normalized spacial score (nSPS) is 9.69. The molecule has 0 atom stereocenters. The molecule has 0 aromatic heterocycles. The first-order valence-corrected chi connectivity index (χ1v) is 3.53. The zero-order valence-electron chi connectivity index (χ0n) is 6.62. The number of benzene rings is 1. The number of hydrogen-bond donors (Lipinski definition) is 3. The van der Waals surface area contributed by atoms with Gasteiger partial charge in [-0.05, 0) is 6.07 Å². The lowest BCUT2D eigenvalue weighted by molar-refractivity contribution is 0.209. The number of carbonyl (C=O) groups is 1.